The third-order valence-electron chi connectivity index (χ3n) is 4.72. The summed E-state index contributed by atoms with van der Waals surface area (Å²) in [7, 11) is 1.60. The molecule has 0 unspecified atom stereocenters. The van der Waals surface area contributed by atoms with Gasteiger partial charge in [-0.15, -0.1) is 11.8 Å². The summed E-state index contributed by atoms with van der Waals surface area (Å²) < 4.78 is 18.9. The van der Waals surface area contributed by atoms with E-state index < -0.39 is 5.82 Å². The summed E-state index contributed by atoms with van der Waals surface area (Å²) in [5, 5.41) is 4.28. The molecule has 0 radical (unpaired) electrons. The summed E-state index contributed by atoms with van der Waals surface area (Å²) in [4.78, 5) is 23.2. The number of rotatable bonds is 6. The molecular weight excluding hydrogens is 427 g/mol. The van der Waals surface area contributed by atoms with Crippen LogP contribution in [-0.2, 0) is 4.79 Å². The Kier molecular flexibility index (Phi) is 5.78. The van der Waals surface area contributed by atoms with Crippen LogP contribution in [0, 0.1) is 5.82 Å². The SMILES string of the molecule is C=CC(=O)N1CC(Sc2cc(OC)cc3ncnc(Nc4ccc(F)c(Cl)c4)c23)C1. The minimum Gasteiger partial charge on any atom is -0.497 e. The van der Waals surface area contributed by atoms with E-state index in [1.165, 1.54) is 24.5 Å². The Morgan fingerprint density at radius 2 is 2.17 bits per heavy atom. The predicted molar refractivity (Wildman–Crippen MR) is 117 cm³/mol. The number of likely N-dealkylation sites (tertiary alicyclic amines) is 1. The first-order valence-electron chi connectivity index (χ1n) is 9.11. The minimum atomic E-state index is -0.487. The average molecular weight is 445 g/mol. The van der Waals surface area contributed by atoms with Crippen LogP contribution in [0.1, 0.15) is 0 Å². The molecule has 30 heavy (non-hydrogen) atoms. The van der Waals surface area contributed by atoms with Crippen molar-refractivity contribution in [3.05, 3.63) is 60.2 Å². The molecule has 2 heterocycles. The molecule has 1 saturated heterocycles. The van der Waals surface area contributed by atoms with Crippen LogP contribution in [0.4, 0.5) is 15.9 Å². The Bertz CT molecular complexity index is 1140. The van der Waals surface area contributed by atoms with Gasteiger partial charge in [-0.3, -0.25) is 4.79 Å². The quantitative estimate of drug-likeness (QED) is 0.557. The summed E-state index contributed by atoms with van der Waals surface area (Å²) in [6.07, 6.45) is 2.78. The van der Waals surface area contributed by atoms with E-state index in [1.54, 1.807) is 29.8 Å². The highest BCUT2D eigenvalue weighted by atomic mass is 35.5. The zero-order chi connectivity index (χ0) is 21.3. The summed E-state index contributed by atoms with van der Waals surface area (Å²) in [6, 6.07) is 8.16. The van der Waals surface area contributed by atoms with Crippen LogP contribution in [0.5, 0.6) is 5.75 Å². The molecule has 1 aliphatic rings. The van der Waals surface area contributed by atoms with Crippen LogP contribution in [0.25, 0.3) is 10.9 Å². The molecule has 0 spiro atoms. The van der Waals surface area contributed by atoms with Gasteiger partial charge in [-0.05, 0) is 30.3 Å². The monoisotopic (exact) mass is 444 g/mol. The summed E-state index contributed by atoms with van der Waals surface area (Å²) in [5.41, 5.74) is 1.32. The van der Waals surface area contributed by atoms with Crippen LogP contribution in [0.2, 0.25) is 5.02 Å². The second-order valence-corrected chi connectivity index (χ2v) is 8.43. The van der Waals surface area contributed by atoms with Crippen molar-refractivity contribution in [3.63, 3.8) is 0 Å². The van der Waals surface area contributed by atoms with Gasteiger partial charge < -0.3 is 15.0 Å². The van der Waals surface area contributed by atoms with Crippen molar-refractivity contribution in [2.45, 2.75) is 10.1 Å². The fraction of sp³-hybridized carbons (Fsp3) is 0.190. The molecule has 9 heteroatoms. The maximum absolute atomic E-state index is 13.5. The lowest BCUT2D eigenvalue weighted by molar-refractivity contribution is -0.128. The van der Waals surface area contributed by atoms with E-state index in [2.05, 4.69) is 21.9 Å². The van der Waals surface area contributed by atoms with Crippen LogP contribution >= 0.6 is 23.4 Å². The van der Waals surface area contributed by atoms with Crippen LogP contribution in [0.3, 0.4) is 0 Å². The Morgan fingerprint density at radius 3 is 2.87 bits per heavy atom. The lowest BCUT2D eigenvalue weighted by Crippen LogP contribution is -2.51. The number of carbonyl (C=O) groups is 1. The van der Waals surface area contributed by atoms with Crippen molar-refractivity contribution in [3.8, 4) is 5.75 Å². The number of benzene rings is 2. The molecule has 0 bridgehead atoms. The lowest BCUT2D eigenvalue weighted by Gasteiger charge is -2.38. The molecule has 2 aromatic carbocycles. The average Bonchev–Trinajstić information content (AvgIpc) is 2.72. The van der Waals surface area contributed by atoms with E-state index in [-0.39, 0.29) is 16.2 Å². The first-order chi connectivity index (χ1) is 14.5. The number of ether oxygens (including phenoxy) is 1. The fourth-order valence-electron chi connectivity index (χ4n) is 3.15. The van der Waals surface area contributed by atoms with E-state index >= 15 is 0 Å². The Hall–Kier alpha value is -2.84. The van der Waals surface area contributed by atoms with Gasteiger partial charge >= 0.3 is 0 Å². The second kappa shape index (κ2) is 8.49. The number of carbonyl (C=O) groups excluding carboxylic acids is 1. The zero-order valence-electron chi connectivity index (χ0n) is 16.1. The van der Waals surface area contributed by atoms with Gasteiger partial charge in [-0.25, -0.2) is 14.4 Å². The van der Waals surface area contributed by atoms with Crippen molar-refractivity contribution in [1.29, 1.82) is 0 Å². The maximum atomic E-state index is 13.5. The van der Waals surface area contributed by atoms with Gasteiger partial charge in [0.15, 0.2) is 0 Å². The molecule has 0 saturated carbocycles. The van der Waals surface area contributed by atoms with Crippen molar-refractivity contribution in [2.75, 3.05) is 25.5 Å². The van der Waals surface area contributed by atoms with E-state index in [1.807, 2.05) is 12.1 Å². The third kappa shape index (κ3) is 4.06. The molecule has 0 atom stereocenters. The molecule has 1 fully saturated rings. The molecule has 1 aromatic heterocycles. The predicted octanol–water partition coefficient (Wildman–Crippen LogP) is 4.66. The lowest BCUT2D eigenvalue weighted by atomic mass is 10.2. The van der Waals surface area contributed by atoms with Crippen molar-refractivity contribution in [2.24, 2.45) is 0 Å². The molecule has 3 aromatic rings. The topological polar surface area (TPSA) is 67.4 Å². The van der Waals surface area contributed by atoms with E-state index in [9.17, 15) is 9.18 Å². The number of aromatic nitrogens is 2. The second-order valence-electron chi connectivity index (χ2n) is 6.68. The first kappa shape index (κ1) is 20.4. The molecule has 6 nitrogen and oxygen atoms in total. The number of nitrogens with zero attached hydrogens (tertiary/aromatic N) is 3. The summed E-state index contributed by atoms with van der Waals surface area (Å²) >= 11 is 7.55. The van der Waals surface area contributed by atoms with Crippen molar-refractivity contribution >= 4 is 51.7 Å². The molecule has 154 valence electrons. The van der Waals surface area contributed by atoms with Gasteiger partial charge in [-0.1, -0.05) is 18.2 Å². The van der Waals surface area contributed by atoms with Gasteiger partial charge in [0.25, 0.3) is 0 Å². The number of fused-ring (bicyclic) bond motifs is 1. The number of halogens is 2. The molecule has 1 N–H and O–H groups in total. The number of amides is 1. The largest absolute Gasteiger partial charge is 0.497 e. The smallest absolute Gasteiger partial charge is 0.246 e. The summed E-state index contributed by atoms with van der Waals surface area (Å²) in [6.45, 7) is 4.80. The molecular formula is C21H18ClFN4O2S. The fourth-order valence-corrected chi connectivity index (χ4v) is 4.70. The number of hydrogen-bond donors (Lipinski definition) is 1. The highest BCUT2D eigenvalue weighted by molar-refractivity contribution is 8.00. The highest BCUT2D eigenvalue weighted by Gasteiger charge is 2.31. The number of methoxy groups -OCH3 is 1. The molecule has 1 amide bonds. The van der Waals surface area contributed by atoms with E-state index in [4.69, 9.17) is 16.3 Å². The van der Waals surface area contributed by atoms with Gasteiger partial charge in [0, 0.05) is 35.0 Å². The van der Waals surface area contributed by atoms with E-state index in [0.717, 1.165) is 10.3 Å². The third-order valence-corrected chi connectivity index (χ3v) is 6.22. The number of anilines is 2. The van der Waals surface area contributed by atoms with Gasteiger partial charge in [0.1, 0.15) is 23.7 Å². The number of hydrogen-bond acceptors (Lipinski definition) is 6. The van der Waals surface area contributed by atoms with E-state index in [0.29, 0.717) is 35.9 Å². The highest BCUT2D eigenvalue weighted by Crippen LogP contribution is 2.40. The number of thioether (sulfide) groups is 1. The van der Waals surface area contributed by atoms with Gasteiger partial charge in [-0.2, -0.15) is 0 Å². The molecule has 0 aliphatic carbocycles. The Morgan fingerprint density at radius 1 is 1.37 bits per heavy atom. The summed E-state index contributed by atoms with van der Waals surface area (Å²) in [5.74, 6) is 0.699. The molecule has 1 aliphatic heterocycles. The Labute approximate surface area is 182 Å². The maximum Gasteiger partial charge on any atom is 0.246 e. The normalized spacial score (nSPS) is 13.8. The molecule has 4 rings (SSSR count). The minimum absolute atomic E-state index is 0.0241. The van der Waals surface area contributed by atoms with Crippen LogP contribution in [-0.4, -0.2) is 46.2 Å². The zero-order valence-corrected chi connectivity index (χ0v) is 17.6. The van der Waals surface area contributed by atoms with Gasteiger partial charge in [0.05, 0.1) is 23.0 Å². The number of nitrogens with one attached hydrogen (secondary N) is 1. The van der Waals surface area contributed by atoms with Crippen molar-refractivity contribution < 1.29 is 13.9 Å². The first-order valence-corrected chi connectivity index (χ1v) is 10.4. The Balaban J connectivity index is 1.68. The standard InChI is InChI=1S/C21H18ClFN4O2S/c1-3-19(28)27-9-14(10-27)30-18-8-13(29-2)7-17-20(18)21(25-11-24-17)26-12-4-5-16(23)15(22)6-12/h3-8,11,14H,1,9-10H2,2H3,(H,24,25,26). The van der Waals surface area contributed by atoms with Gasteiger partial charge in [0.2, 0.25) is 5.91 Å². The van der Waals surface area contributed by atoms with Crippen molar-refractivity contribution in [1.82, 2.24) is 14.9 Å². The van der Waals surface area contributed by atoms with Crippen LogP contribution in [0.15, 0.2) is 54.2 Å². The van der Waals surface area contributed by atoms with Crippen LogP contribution < -0.4 is 10.1 Å².